The van der Waals surface area contributed by atoms with Crippen LogP contribution in [0.3, 0.4) is 0 Å². The molecular formula is C10H17N3O4S2. The Kier molecular flexibility index (Phi) is 4.43. The first kappa shape index (κ1) is 15.7. The molecule has 0 aromatic heterocycles. The largest absolute Gasteiger partial charge is 0.396 e. The van der Waals surface area contributed by atoms with E-state index in [1.807, 2.05) is 0 Å². The third-order valence-corrected chi connectivity index (χ3v) is 4.40. The maximum Gasteiger partial charge on any atom is 0.240 e. The van der Waals surface area contributed by atoms with Gasteiger partial charge in [-0.25, -0.2) is 22.0 Å². The maximum atomic E-state index is 11.3. The van der Waals surface area contributed by atoms with E-state index in [0.717, 1.165) is 6.26 Å². The number of nitrogens with two attached hydrogens (primary N) is 2. The van der Waals surface area contributed by atoms with Gasteiger partial charge in [-0.3, -0.25) is 0 Å². The molecule has 0 amide bonds. The van der Waals surface area contributed by atoms with Crippen molar-refractivity contribution in [2.24, 2.45) is 5.14 Å². The Labute approximate surface area is 113 Å². The fourth-order valence-corrected chi connectivity index (χ4v) is 3.36. The molecule has 9 heteroatoms. The Bertz CT molecular complexity index is 668. The minimum absolute atomic E-state index is 0.0228. The zero-order chi connectivity index (χ0) is 14.8. The van der Waals surface area contributed by atoms with Crippen LogP contribution in [0, 0.1) is 0 Å². The Morgan fingerprint density at radius 2 is 1.84 bits per heavy atom. The highest BCUT2D eigenvalue weighted by molar-refractivity contribution is 7.90. The maximum absolute atomic E-state index is 11.3. The van der Waals surface area contributed by atoms with Gasteiger partial charge in [0.25, 0.3) is 0 Å². The predicted octanol–water partition coefficient (Wildman–Crippen LogP) is -0.239. The first-order valence-electron chi connectivity index (χ1n) is 5.36. The van der Waals surface area contributed by atoms with Crippen molar-refractivity contribution >= 4 is 31.2 Å². The van der Waals surface area contributed by atoms with Gasteiger partial charge in [-0.05, 0) is 19.1 Å². The number of sulfone groups is 1. The Morgan fingerprint density at radius 3 is 2.32 bits per heavy atom. The molecule has 1 atom stereocenters. The van der Waals surface area contributed by atoms with Gasteiger partial charge in [0.1, 0.15) is 14.7 Å². The lowest BCUT2D eigenvalue weighted by Crippen LogP contribution is -2.26. The Hall–Kier alpha value is -1.32. The van der Waals surface area contributed by atoms with E-state index in [9.17, 15) is 16.8 Å². The van der Waals surface area contributed by atoms with Gasteiger partial charge < -0.3 is 11.1 Å². The molecule has 1 aromatic carbocycles. The molecule has 7 nitrogen and oxygen atoms in total. The van der Waals surface area contributed by atoms with Crippen molar-refractivity contribution in [3.8, 4) is 0 Å². The summed E-state index contributed by atoms with van der Waals surface area (Å²) in [5, 5.41) is 7.88. The standard InChI is InChI=1S/C10H17N3O4S2/c1-7(6-18(2,14)15)13-8-4-3-5-9(10(8)11)19(12,16)17/h3-5,7,13H,6,11H2,1-2H3,(H2,12,16,17). The summed E-state index contributed by atoms with van der Waals surface area (Å²) in [6, 6.07) is 3.92. The van der Waals surface area contributed by atoms with Crippen molar-refractivity contribution in [3.05, 3.63) is 18.2 Å². The lowest BCUT2D eigenvalue weighted by molar-refractivity contribution is 0.595. The topological polar surface area (TPSA) is 132 Å². The molecule has 0 saturated carbocycles. The molecule has 5 N–H and O–H groups in total. The second-order valence-corrected chi connectivity index (χ2v) is 8.11. The number of anilines is 2. The molecule has 0 bridgehead atoms. The normalized spacial score (nSPS) is 14.1. The summed E-state index contributed by atoms with van der Waals surface area (Å²) in [5.74, 6) is -0.0912. The molecule has 0 radical (unpaired) electrons. The summed E-state index contributed by atoms with van der Waals surface area (Å²) < 4.78 is 44.9. The van der Waals surface area contributed by atoms with Crippen molar-refractivity contribution in [2.45, 2.75) is 17.9 Å². The molecule has 0 saturated heterocycles. The monoisotopic (exact) mass is 307 g/mol. The average molecular weight is 307 g/mol. The van der Waals surface area contributed by atoms with Gasteiger partial charge in [0.2, 0.25) is 10.0 Å². The van der Waals surface area contributed by atoms with Crippen LogP contribution in [-0.2, 0) is 19.9 Å². The Morgan fingerprint density at radius 1 is 1.26 bits per heavy atom. The minimum atomic E-state index is -3.91. The van der Waals surface area contributed by atoms with Gasteiger partial charge in [-0.15, -0.1) is 0 Å². The van der Waals surface area contributed by atoms with Crippen LogP contribution >= 0.6 is 0 Å². The van der Waals surface area contributed by atoms with E-state index in [2.05, 4.69) is 5.32 Å². The quantitative estimate of drug-likeness (QED) is 0.643. The van der Waals surface area contributed by atoms with Gasteiger partial charge >= 0.3 is 0 Å². The van der Waals surface area contributed by atoms with E-state index in [0.29, 0.717) is 5.69 Å². The SMILES string of the molecule is CC(CS(C)(=O)=O)Nc1cccc(S(N)(=O)=O)c1N. The van der Waals surface area contributed by atoms with Gasteiger partial charge in [-0.1, -0.05) is 6.07 Å². The number of hydrogen-bond acceptors (Lipinski definition) is 6. The zero-order valence-electron chi connectivity index (χ0n) is 10.6. The fourth-order valence-electron chi connectivity index (χ4n) is 1.68. The highest BCUT2D eigenvalue weighted by Crippen LogP contribution is 2.26. The smallest absolute Gasteiger partial charge is 0.240 e. The van der Waals surface area contributed by atoms with E-state index in [1.54, 1.807) is 13.0 Å². The summed E-state index contributed by atoms with van der Waals surface area (Å²) in [5.41, 5.74) is 6.02. The number of primary sulfonamides is 1. The fraction of sp³-hybridized carbons (Fsp3) is 0.400. The van der Waals surface area contributed by atoms with Crippen LogP contribution in [0.5, 0.6) is 0 Å². The molecular weight excluding hydrogens is 290 g/mol. The van der Waals surface area contributed by atoms with Crippen LogP contribution in [0.1, 0.15) is 6.92 Å². The van der Waals surface area contributed by atoms with Crippen molar-refractivity contribution < 1.29 is 16.8 Å². The number of nitrogens with one attached hydrogen (secondary N) is 1. The van der Waals surface area contributed by atoms with Crippen LogP contribution < -0.4 is 16.2 Å². The van der Waals surface area contributed by atoms with Crippen LogP contribution in [0.25, 0.3) is 0 Å². The minimum Gasteiger partial charge on any atom is -0.396 e. The van der Waals surface area contributed by atoms with Gasteiger partial charge in [0.05, 0.1) is 17.1 Å². The molecule has 19 heavy (non-hydrogen) atoms. The summed E-state index contributed by atoms with van der Waals surface area (Å²) in [6.07, 6.45) is 1.12. The highest BCUT2D eigenvalue weighted by atomic mass is 32.2. The summed E-state index contributed by atoms with van der Waals surface area (Å²) in [6.45, 7) is 1.66. The van der Waals surface area contributed by atoms with E-state index in [1.165, 1.54) is 12.1 Å². The van der Waals surface area contributed by atoms with Crippen LogP contribution in [0.2, 0.25) is 0 Å². The molecule has 0 fully saturated rings. The number of nitrogen functional groups attached to an aromatic ring is 1. The molecule has 0 heterocycles. The summed E-state index contributed by atoms with van der Waals surface area (Å²) >= 11 is 0. The van der Waals surface area contributed by atoms with E-state index >= 15 is 0 Å². The van der Waals surface area contributed by atoms with Crippen LogP contribution in [0.4, 0.5) is 11.4 Å². The molecule has 0 spiro atoms. The third-order valence-electron chi connectivity index (χ3n) is 2.33. The van der Waals surface area contributed by atoms with Gasteiger partial charge in [0, 0.05) is 12.3 Å². The zero-order valence-corrected chi connectivity index (χ0v) is 12.3. The van der Waals surface area contributed by atoms with Gasteiger partial charge in [-0.2, -0.15) is 0 Å². The second kappa shape index (κ2) is 5.35. The Balaban J connectivity index is 3.04. The predicted molar refractivity (Wildman–Crippen MR) is 75.0 cm³/mol. The highest BCUT2D eigenvalue weighted by Gasteiger charge is 2.17. The number of benzene rings is 1. The average Bonchev–Trinajstić information content (AvgIpc) is 2.16. The lowest BCUT2D eigenvalue weighted by Gasteiger charge is -2.17. The summed E-state index contributed by atoms with van der Waals surface area (Å²) in [7, 11) is -7.05. The van der Waals surface area contributed by atoms with Crippen molar-refractivity contribution in [1.29, 1.82) is 0 Å². The van der Waals surface area contributed by atoms with E-state index in [-0.39, 0.29) is 16.3 Å². The van der Waals surface area contributed by atoms with Crippen molar-refractivity contribution in [2.75, 3.05) is 23.1 Å². The molecule has 0 aliphatic heterocycles. The third kappa shape index (κ3) is 4.69. The molecule has 0 aliphatic carbocycles. The number of rotatable bonds is 5. The van der Waals surface area contributed by atoms with Crippen LogP contribution in [0.15, 0.2) is 23.1 Å². The number of sulfonamides is 1. The molecule has 1 aromatic rings. The van der Waals surface area contributed by atoms with Crippen molar-refractivity contribution in [1.82, 2.24) is 0 Å². The molecule has 1 rings (SSSR count). The van der Waals surface area contributed by atoms with E-state index < -0.39 is 25.9 Å². The lowest BCUT2D eigenvalue weighted by atomic mass is 10.2. The molecule has 108 valence electrons. The number of hydrogen-bond donors (Lipinski definition) is 3. The first-order valence-corrected chi connectivity index (χ1v) is 8.97. The van der Waals surface area contributed by atoms with Gasteiger partial charge in [0.15, 0.2) is 0 Å². The first-order chi connectivity index (χ1) is 8.50. The van der Waals surface area contributed by atoms with Crippen molar-refractivity contribution in [3.63, 3.8) is 0 Å². The molecule has 1 unspecified atom stereocenters. The molecule has 0 aliphatic rings. The number of para-hydroxylation sites is 1. The van der Waals surface area contributed by atoms with E-state index in [4.69, 9.17) is 10.9 Å². The van der Waals surface area contributed by atoms with Crippen LogP contribution in [-0.4, -0.2) is 34.9 Å². The summed E-state index contributed by atoms with van der Waals surface area (Å²) in [4.78, 5) is -0.191. The second-order valence-electron chi connectivity index (χ2n) is 4.40.